The largest absolute Gasteiger partial charge is 0.480 e. The number of hydrogen-bond acceptors (Lipinski definition) is 8. The summed E-state index contributed by atoms with van der Waals surface area (Å²) < 4.78 is 4.20. The highest BCUT2D eigenvalue weighted by molar-refractivity contribution is 5.67. The van der Waals surface area contributed by atoms with E-state index < -0.39 is 5.97 Å². The zero-order valence-corrected chi connectivity index (χ0v) is 8.97. The molecule has 0 saturated carbocycles. The van der Waals surface area contributed by atoms with E-state index in [2.05, 4.69) is 25.0 Å². The van der Waals surface area contributed by atoms with Crippen LogP contribution in [-0.2, 0) is 9.53 Å². The summed E-state index contributed by atoms with van der Waals surface area (Å²) in [5.41, 5.74) is 10.5. The second-order valence-electron chi connectivity index (χ2n) is 2.45. The minimum atomic E-state index is -0.933. The minimum Gasteiger partial charge on any atom is -0.480 e. The van der Waals surface area contributed by atoms with E-state index in [9.17, 15) is 4.79 Å². The molecule has 0 aliphatic rings. The molecule has 0 aliphatic heterocycles. The van der Waals surface area contributed by atoms with Crippen molar-refractivity contribution < 1.29 is 14.6 Å². The van der Waals surface area contributed by atoms with Crippen molar-refractivity contribution in [3.05, 3.63) is 0 Å². The number of nitrogens with one attached hydrogen (secondary N) is 1. The first kappa shape index (κ1) is 13.8. The van der Waals surface area contributed by atoms with Crippen molar-refractivity contribution in [2.45, 2.75) is 0 Å². The number of aliphatic carboxylic acids is 1. The number of nitrogens with two attached hydrogens (primary N) is 2. The molecule has 1 rings (SSSR count). The monoisotopic (exact) mass is 230 g/mol. The number of carbonyl (C=O) groups is 1. The number of rotatable bonds is 3. The first-order chi connectivity index (χ1) is 7.49. The van der Waals surface area contributed by atoms with Crippen LogP contribution in [0.4, 0.5) is 17.8 Å². The number of hydrogen-bond donors (Lipinski definition) is 4. The molecule has 0 radical (unpaired) electrons. The average Bonchev–Trinajstić information content (AvgIpc) is 2.16. The van der Waals surface area contributed by atoms with Crippen LogP contribution in [0.3, 0.4) is 0 Å². The molecule has 0 aromatic carbocycles. The number of ether oxygens (including phenoxy) is 1. The van der Waals surface area contributed by atoms with Crippen molar-refractivity contribution in [3.8, 4) is 0 Å². The standard InChI is InChI=1S/C4H8N6.C3H6O3/c1-7-4-9-2(5)8-3(6)10-4;1-6-2-3(4)5/h1H3,(H5,5,6,7,8,9,10);2H2,1H3,(H,4,5). The molecule has 1 heterocycles. The van der Waals surface area contributed by atoms with Gasteiger partial charge >= 0.3 is 5.97 Å². The third-order valence-electron chi connectivity index (χ3n) is 1.16. The van der Waals surface area contributed by atoms with Gasteiger partial charge in [0.1, 0.15) is 6.61 Å². The summed E-state index contributed by atoms with van der Waals surface area (Å²) in [6, 6.07) is 0. The zero-order valence-electron chi connectivity index (χ0n) is 8.97. The molecule has 0 saturated heterocycles. The maximum Gasteiger partial charge on any atom is 0.329 e. The lowest BCUT2D eigenvalue weighted by Gasteiger charge is -1.98. The van der Waals surface area contributed by atoms with Crippen LogP contribution in [0.2, 0.25) is 0 Å². The molecule has 90 valence electrons. The smallest absolute Gasteiger partial charge is 0.329 e. The quantitative estimate of drug-likeness (QED) is 0.501. The maximum absolute atomic E-state index is 9.47. The van der Waals surface area contributed by atoms with Crippen molar-refractivity contribution >= 4 is 23.8 Å². The molecular weight excluding hydrogens is 216 g/mol. The van der Waals surface area contributed by atoms with Crippen LogP contribution >= 0.6 is 0 Å². The Balaban J connectivity index is 0.000000325. The number of methoxy groups -OCH3 is 1. The summed E-state index contributed by atoms with van der Waals surface area (Å²) in [6.07, 6.45) is 0. The van der Waals surface area contributed by atoms with E-state index in [1.807, 2.05) is 0 Å². The van der Waals surface area contributed by atoms with Crippen LogP contribution in [0.25, 0.3) is 0 Å². The van der Waals surface area contributed by atoms with Crippen LogP contribution in [0.5, 0.6) is 0 Å². The molecule has 0 atom stereocenters. The van der Waals surface area contributed by atoms with Crippen molar-refractivity contribution in [1.29, 1.82) is 0 Å². The molecule has 0 aliphatic carbocycles. The molecule has 9 heteroatoms. The lowest BCUT2D eigenvalue weighted by atomic mass is 10.8. The molecular formula is C7H14N6O3. The number of carboxylic acids is 1. The van der Waals surface area contributed by atoms with Crippen molar-refractivity contribution in [3.63, 3.8) is 0 Å². The molecule has 0 spiro atoms. The van der Waals surface area contributed by atoms with E-state index in [-0.39, 0.29) is 18.5 Å². The number of anilines is 3. The fourth-order valence-corrected chi connectivity index (χ4v) is 0.645. The van der Waals surface area contributed by atoms with Crippen LogP contribution in [0, 0.1) is 0 Å². The SMILES string of the molecule is CNc1nc(N)nc(N)n1.COCC(=O)O. The number of nitrogens with zero attached hydrogens (tertiary/aromatic N) is 3. The fraction of sp³-hybridized carbons (Fsp3) is 0.429. The number of nitrogen functional groups attached to an aromatic ring is 2. The summed E-state index contributed by atoms with van der Waals surface area (Å²) in [5.74, 6) is -0.309. The third kappa shape index (κ3) is 6.32. The Kier molecular flexibility index (Phi) is 6.21. The van der Waals surface area contributed by atoms with Gasteiger partial charge in [0, 0.05) is 14.2 Å². The Morgan fingerprint density at radius 2 is 1.88 bits per heavy atom. The summed E-state index contributed by atoms with van der Waals surface area (Å²) in [6.45, 7) is -0.208. The lowest BCUT2D eigenvalue weighted by Crippen LogP contribution is -2.06. The van der Waals surface area contributed by atoms with Gasteiger partial charge in [0.2, 0.25) is 17.8 Å². The normalized spacial score (nSPS) is 8.88. The Hall–Kier alpha value is -2.16. The Bertz CT molecular complexity index is 325. The molecule has 1 aromatic rings. The molecule has 0 bridgehead atoms. The van der Waals surface area contributed by atoms with Crippen LogP contribution in [-0.4, -0.2) is 46.8 Å². The first-order valence-electron chi connectivity index (χ1n) is 4.15. The van der Waals surface area contributed by atoms with Gasteiger partial charge in [-0.3, -0.25) is 0 Å². The summed E-state index contributed by atoms with van der Waals surface area (Å²) in [7, 11) is 3.02. The van der Waals surface area contributed by atoms with Gasteiger partial charge in [-0.1, -0.05) is 0 Å². The van der Waals surface area contributed by atoms with Gasteiger partial charge in [-0.2, -0.15) is 15.0 Å². The average molecular weight is 230 g/mol. The fourth-order valence-electron chi connectivity index (χ4n) is 0.645. The van der Waals surface area contributed by atoms with E-state index in [1.165, 1.54) is 7.11 Å². The second-order valence-corrected chi connectivity index (χ2v) is 2.45. The predicted molar refractivity (Wildman–Crippen MR) is 57.7 cm³/mol. The van der Waals surface area contributed by atoms with Gasteiger partial charge < -0.3 is 26.6 Å². The zero-order chi connectivity index (χ0) is 12.6. The van der Waals surface area contributed by atoms with Crippen molar-refractivity contribution in [1.82, 2.24) is 15.0 Å². The van der Waals surface area contributed by atoms with E-state index in [4.69, 9.17) is 16.6 Å². The van der Waals surface area contributed by atoms with E-state index in [1.54, 1.807) is 7.05 Å². The van der Waals surface area contributed by atoms with Gasteiger partial charge in [0.25, 0.3) is 0 Å². The highest BCUT2D eigenvalue weighted by Gasteiger charge is 1.96. The van der Waals surface area contributed by atoms with E-state index in [0.717, 1.165) is 0 Å². The van der Waals surface area contributed by atoms with Gasteiger partial charge in [-0.05, 0) is 0 Å². The Labute approximate surface area is 91.9 Å². The van der Waals surface area contributed by atoms with E-state index in [0.29, 0.717) is 5.95 Å². The molecule has 0 unspecified atom stereocenters. The number of aromatic nitrogens is 3. The van der Waals surface area contributed by atoms with Crippen molar-refractivity contribution in [2.75, 3.05) is 37.5 Å². The Morgan fingerprint density at radius 1 is 1.38 bits per heavy atom. The molecule has 0 fully saturated rings. The van der Waals surface area contributed by atoms with Crippen LogP contribution in [0.15, 0.2) is 0 Å². The lowest BCUT2D eigenvalue weighted by molar-refractivity contribution is -0.141. The van der Waals surface area contributed by atoms with Crippen molar-refractivity contribution in [2.24, 2.45) is 0 Å². The summed E-state index contributed by atoms with van der Waals surface area (Å²) in [4.78, 5) is 20.5. The minimum absolute atomic E-state index is 0.122. The molecule has 1 aromatic heterocycles. The summed E-state index contributed by atoms with van der Waals surface area (Å²) >= 11 is 0. The third-order valence-corrected chi connectivity index (χ3v) is 1.16. The molecule has 6 N–H and O–H groups in total. The highest BCUT2D eigenvalue weighted by Crippen LogP contribution is 2.00. The van der Waals surface area contributed by atoms with Crippen LogP contribution < -0.4 is 16.8 Å². The van der Waals surface area contributed by atoms with Gasteiger partial charge in [-0.25, -0.2) is 4.79 Å². The van der Waals surface area contributed by atoms with Crippen LogP contribution in [0.1, 0.15) is 0 Å². The molecule has 16 heavy (non-hydrogen) atoms. The van der Waals surface area contributed by atoms with E-state index >= 15 is 0 Å². The summed E-state index contributed by atoms with van der Waals surface area (Å²) in [5, 5.41) is 10.5. The van der Waals surface area contributed by atoms with Gasteiger partial charge in [-0.15, -0.1) is 0 Å². The van der Waals surface area contributed by atoms with Gasteiger partial charge in [0.15, 0.2) is 0 Å². The first-order valence-corrected chi connectivity index (χ1v) is 4.15. The highest BCUT2D eigenvalue weighted by atomic mass is 16.5. The number of carboxylic acid groups (broad SMARTS) is 1. The molecule has 9 nitrogen and oxygen atoms in total. The van der Waals surface area contributed by atoms with Gasteiger partial charge in [0.05, 0.1) is 0 Å². The molecule has 0 amide bonds. The topological polar surface area (TPSA) is 149 Å². The second kappa shape index (κ2) is 7.17. The maximum atomic E-state index is 9.47. The Morgan fingerprint density at radius 3 is 2.12 bits per heavy atom. The predicted octanol–water partition coefficient (Wildman–Crippen LogP) is -1.20.